The van der Waals surface area contributed by atoms with Crippen molar-refractivity contribution in [3.8, 4) is 0 Å². The van der Waals surface area contributed by atoms with Crippen LogP contribution in [0.5, 0.6) is 0 Å². The number of benzene rings is 1. The van der Waals surface area contributed by atoms with Crippen LogP contribution in [0.15, 0.2) is 24.3 Å². The zero-order chi connectivity index (χ0) is 12.3. The summed E-state index contributed by atoms with van der Waals surface area (Å²) in [7, 11) is 0. The Labute approximate surface area is 100 Å². The number of carbonyl (C=O) groups excluding carboxylic acids is 1. The van der Waals surface area contributed by atoms with Gasteiger partial charge in [-0.3, -0.25) is 4.79 Å². The Morgan fingerprint density at radius 2 is 2.06 bits per heavy atom. The number of rotatable bonds is 3. The molecule has 0 aliphatic carbocycles. The van der Waals surface area contributed by atoms with Crippen molar-refractivity contribution < 1.29 is 9.18 Å². The molecule has 4 heteroatoms. The maximum Gasteiger partial charge on any atom is 0.238 e. The standard InChI is InChI=1S/C13H17FN2O/c14-11-5-3-10(4-6-11)9-13(12(15)17)7-1-2-8-16-13/h3-6,16H,1-2,7-9H2,(H2,15,17). The molecule has 1 saturated heterocycles. The smallest absolute Gasteiger partial charge is 0.238 e. The van der Waals surface area contributed by atoms with Gasteiger partial charge in [-0.15, -0.1) is 0 Å². The van der Waals surface area contributed by atoms with Crippen LogP contribution in [-0.2, 0) is 11.2 Å². The fraction of sp³-hybridized carbons (Fsp3) is 0.462. The van der Waals surface area contributed by atoms with E-state index in [1.807, 2.05) is 0 Å². The summed E-state index contributed by atoms with van der Waals surface area (Å²) in [5.74, 6) is -0.583. The molecular weight excluding hydrogens is 219 g/mol. The molecule has 0 aromatic heterocycles. The van der Waals surface area contributed by atoms with Crippen molar-refractivity contribution in [2.45, 2.75) is 31.2 Å². The number of carbonyl (C=O) groups is 1. The number of nitrogens with two attached hydrogens (primary N) is 1. The Kier molecular flexibility index (Phi) is 3.43. The van der Waals surface area contributed by atoms with E-state index in [9.17, 15) is 9.18 Å². The minimum Gasteiger partial charge on any atom is -0.368 e. The topological polar surface area (TPSA) is 55.1 Å². The molecule has 1 aliphatic rings. The predicted molar refractivity (Wildman–Crippen MR) is 63.9 cm³/mol. The minimum atomic E-state index is -0.657. The number of nitrogens with one attached hydrogen (secondary N) is 1. The molecule has 1 aromatic rings. The second-order valence-electron chi connectivity index (χ2n) is 4.63. The van der Waals surface area contributed by atoms with Crippen LogP contribution < -0.4 is 11.1 Å². The van der Waals surface area contributed by atoms with E-state index in [0.717, 1.165) is 31.4 Å². The lowest BCUT2D eigenvalue weighted by Crippen LogP contribution is -2.59. The van der Waals surface area contributed by atoms with Gasteiger partial charge in [0.1, 0.15) is 11.4 Å². The van der Waals surface area contributed by atoms with Crippen LogP contribution in [0.25, 0.3) is 0 Å². The molecular formula is C13H17FN2O. The van der Waals surface area contributed by atoms with E-state index in [1.165, 1.54) is 12.1 Å². The second-order valence-corrected chi connectivity index (χ2v) is 4.63. The summed E-state index contributed by atoms with van der Waals surface area (Å²) in [6, 6.07) is 6.23. The molecule has 2 rings (SSSR count). The van der Waals surface area contributed by atoms with Crippen LogP contribution in [0.1, 0.15) is 24.8 Å². The van der Waals surface area contributed by atoms with Crippen molar-refractivity contribution in [3.63, 3.8) is 0 Å². The quantitative estimate of drug-likeness (QED) is 0.832. The molecule has 1 amide bonds. The van der Waals surface area contributed by atoms with Crippen molar-refractivity contribution in [2.75, 3.05) is 6.54 Å². The van der Waals surface area contributed by atoms with Gasteiger partial charge in [-0.25, -0.2) is 4.39 Å². The average molecular weight is 236 g/mol. The first-order chi connectivity index (χ1) is 8.12. The molecule has 3 N–H and O–H groups in total. The van der Waals surface area contributed by atoms with Crippen LogP contribution in [0.2, 0.25) is 0 Å². The van der Waals surface area contributed by atoms with Crippen molar-refractivity contribution in [3.05, 3.63) is 35.6 Å². The molecule has 1 heterocycles. The Balaban J connectivity index is 2.17. The lowest BCUT2D eigenvalue weighted by Gasteiger charge is -2.35. The zero-order valence-electron chi connectivity index (χ0n) is 9.71. The first kappa shape index (κ1) is 12.0. The van der Waals surface area contributed by atoms with Gasteiger partial charge in [0, 0.05) is 0 Å². The van der Waals surface area contributed by atoms with E-state index < -0.39 is 5.54 Å². The number of halogens is 1. The molecule has 0 bridgehead atoms. The molecule has 0 radical (unpaired) electrons. The number of hydrogen-bond donors (Lipinski definition) is 2. The van der Waals surface area contributed by atoms with Gasteiger partial charge in [0.25, 0.3) is 0 Å². The maximum atomic E-state index is 12.8. The van der Waals surface area contributed by atoms with Gasteiger partial charge in [-0.05, 0) is 49.9 Å². The van der Waals surface area contributed by atoms with Crippen molar-refractivity contribution in [1.29, 1.82) is 0 Å². The lowest BCUT2D eigenvalue weighted by molar-refractivity contribution is -0.125. The van der Waals surface area contributed by atoms with Crippen LogP contribution in [0, 0.1) is 5.82 Å². The highest BCUT2D eigenvalue weighted by Gasteiger charge is 2.37. The summed E-state index contributed by atoms with van der Waals surface area (Å²) >= 11 is 0. The fourth-order valence-corrected chi connectivity index (χ4v) is 2.37. The third-order valence-electron chi connectivity index (χ3n) is 3.38. The highest BCUT2D eigenvalue weighted by Crippen LogP contribution is 2.23. The second kappa shape index (κ2) is 4.84. The summed E-state index contributed by atoms with van der Waals surface area (Å²) in [4.78, 5) is 11.6. The average Bonchev–Trinajstić information content (AvgIpc) is 2.33. The molecule has 1 atom stereocenters. The summed E-state index contributed by atoms with van der Waals surface area (Å²) in [5.41, 5.74) is 5.78. The summed E-state index contributed by atoms with van der Waals surface area (Å²) in [5, 5.41) is 3.23. The highest BCUT2D eigenvalue weighted by atomic mass is 19.1. The van der Waals surface area contributed by atoms with Crippen molar-refractivity contribution in [2.24, 2.45) is 5.73 Å². The molecule has 1 fully saturated rings. The highest BCUT2D eigenvalue weighted by molar-refractivity contribution is 5.85. The van der Waals surface area contributed by atoms with Gasteiger partial charge in [0.05, 0.1) is 0 Å². The molecule has 92 valence electrons. The van der Waals surface area contributed by atoms with E-state index in [2.05, 4.69) is 5.32 Å². The first-order valence-electron chi connectivity index (χ1n) is 5.92. The monoisotopic (exact) mass is 236 g/mol. The Hall–Kier alpha value is -1.42. The van der Waals surface area contributed by atoms with Crippen molar-refractivity contribution >= 4 is 5.91 Å². The molecule has 1 unspecified atom stereocenters. The van der Waals surface area contributed by atoms with Crippen molar-refractivity contribution in [1.82, 2.24) is 5.32 Å². The third kappa shape index (κ3) is 2.64. The van der Waals surface area contributed by atoms with Gasteiger partial charge >= 0.3 is 0 Å². The van der Waals surface area contributed by atoms with Gasteiger partial charge < -0.3 is 11.1 Å². The van der Waals surface area contributed by atoms with E-state index in [0.29, 0.717) is 6.42 Å². The summed E-state index contributed by atoms with van der Waals surface area (Å²) in [6.07, 6.45) is 3.35. The number of primary amides is 1. The van der Waals surface area contributed by atoms with E-state index >= 15 is 0 Å². The molecule has 0 spiro atoms. The SMILES string of the molecule is NC(=O)C1(Cc2ccc(F)cc2)CCCCN1. The van der Waals surface area contributed by atoms with Gasteiger partial charge in [-0.1, -0.05) is 12.1 Å². The normalized spacial score (nSPS) is 24.5. The number of amides is 1. The Morgan fingerprint density at radius 3 is 2.59 bits per heavy atom. The number of hydrogen-bond acceptors (Lipinski definition) is 2. The number of piperidine rings is 1. The van der Waals surface area contributed by atoms with Crippen LogP contribution in [0.4, 0.5) is 4.39 Å². The maximum absolute atomic E-state index is 12.8. The van der Waals surface area contributed by atoms with Gasteiger partial charge in [0.15, 0.2) is 0 Å². The van der Waals surface area contributed by atoms with Gasteiger partial charge in [0.2, 0.25) is 5.91 Å². The van der Waals surface area contributed by atoms with Crippen LogP contribution >= 0.6 is 0 Å². The Morgan fingerprint density at radius 1 is 1.35 bits per heavy atom. The molecule has 1 aromatic carbocycles. The molecule has 17 heavy (non-hydrogen) atoms. The van der Waals surface area contributed by atoms with E-state index in [4.69, 9.17) is 5.73 Å². The van der Waals surface area contributed by atoms with Crippen LogP contribution in [-0.4, -0.2) is 18.0 Å². The molecule has 3 nitrogen and oxygen atoms in total. The lowest BCUT2D eigenvalue weighted by atomic mass is 9.82. The zero-order valence-corrected chi connectivity index (χ0v) is 9.71. The third-order valence-corrected chi connectivity index (χ3v) is 3.38. The molecule has 0 saturated carbocycles. The first-order valence-corrected chi connectivity index (χ1v) is 5.92. The Bertz CT molecular complexity index is 396. The van der Waals surface area contributed by atoms with Crippen LogP contribution in [0.3, 0.4) is 0 Å². The molecule has 1 aliphatic heterocycles. The van der Waals surface area contributed by atoms with Gasteiger partial charge in [-0.2, -0.15) is 0 Å². The van der Waals surface area contributed by atoms with E-state index in [-0.39, 0.29) is 11.7 Å². The largest absolute Gasteiger partial charge is 0.368 e. The fourth-order valence-electron chi connectivity index (χ4n) is 2.37. The predicted octanol–water partition coefficient (Wildman–Crippen LogP) is 1.37. The summed E-state index contributed by atoms with van der Waals surface area (Å²) < 4.78 is 12.8. The summed E-state index contributed by atoms with van der Waals surface area (Å²) in [6.45, 7) is 0.810. The minimum absolute atomic E-state index is 0.265. The van der Waals surface area contributed by atoms with E-state index in [1.54, 1.807) is 12.1 Å².